The SMILES string of the molecule is Cc1ccc(C)c(NC(=O)/C(C#N)=C/c2ccc(OCc3ccccc3)c(Br)c2)c1. The lowest BCUT2D eigenvalue weighted by Gasteiger charge is -2.10. The first-order valence-corrected chi connectivity index (χ1v) is 10.2. The van der Waals surface area contributed by atoms with Crippen LogP contribution in [0, 0.1) is 25.2 Å². The molecule has 1 N–H and O–H groups in total. The Labute approximate surface area is 184 Å². The van der Waals surface area contributed by atoms with Crippen molar-refractivity contribution in [2.75, 3.05) is 5.32 Å². The second-order valence-corrected chi connectivity index (χ2v) is 7.76. The average Bonchev–Trinajstić information content (AvgIpc) is 2.74. The van der Waals surface area contributed by atoms with Crippen molar-refractivity contribution in [3.05, 3.63) is 99.0 Å². The number of halogens is 1. The van der Waals surface area contributed by atoms with Gasteiger partial charge in [-0.25, -0.2) is 0 Å². The summed E-state index contributed by atoms with van der Waals surface area (Å²) in [5.41, 5.74) is 4.50. The summed E-state index contributed by atoms with van der Waals surface area (Å²) < 4.78 is 6.60. The van der Waals surface area contributed by atoms with Gasteiger partial charge in [-0.3, -0.25) is 4.79 Å². The molecule has 3 rings (SSSR count). The van der Waals surface area contributed by atoms with E-state index >= 15 is 0 Å². The van der Waals surface area contributed by atoms with E-state index in [1.165, 1.54) is 0 Å². The Morgan fingerprint density at radius 1 is 1.10 bits per heavy atom. The van der Waals surface area contributed by atoms with Crippen LogP contribution in [0.5, 0.6) is 5.75 Å². The number of carbonyl (C=O) groups excluding carboxylic acids is 1. The van der Waals surface area contributed by atoms with Gasteiger partial charge in [0.1, 0.15) is 24.0 Å². The van der Waals surface area contributed by atoms with E-state index in [0.29, 0.717) is 18.0 Å². The lowest BCUT2D eigenvalue weighted by Crippen LogP contribution is -2.14. The summed E-state index contributed by atoms with van der Waals surface area (Å²) in [6.45, 7) is 4.32. The standard InChI is InChI=1S/C25H21BrN2O2/c1-17-8-9-18(2)23(12-17)28-25(29)21(15-27)13-20-10-11-24(22(26)14-20)30-16-19-6-4-3-5-7-19/h3-14H,16H2,1-2H3,(H,28,29)/b21-13+. The molecule has 3 aromatic rings. The van der Waals surface area contributed by atoms with Crippen molar-refractivity contribution >= 4 is 33.6 Å². The maximum Gasteiger partial charge on any atom is 0.266 e. The Morgan fingerprint density at radius 3 is 2.57 bits per heavy atom. The van der Waals surface area contributed by atoms with E-state index in [2.05, 4.69) is 21.2 Å². The van der Waals surface area contributed by atoms with Gasteiger partial charge in [0.15, 0.2) is 0 Å². The van der Waals surface area contributed by atoms with Crippen molar-refractivity contribution < 1.29 is 9.53 Å². The van der Waals surface area contributed by atoms with Crippen molar-refractivity contribution in [2.45, 2.75) is 20.5 Å². The molecule has 0 saturated heterocycles. The third-order valence-corrected chi connectivity index (χ3v) is 5.13. The van der Waals surface area contributed by atoms with Gasteiger partial charge in [-0.1, -0.05) is 48.5 Å². The van der Waals surface area contributed by atoms with Crippen molar-refractivity contribution in [3.8, 4) is 11.8 Å². The molecule has 0 aliphatic heterocycles. The number of ether oxygens (including phenoxy) is 1. The number of anilines is 1. The van der Waals surface area contributed by atoms with E-state index < -0.39 is 5.91 Å². The maximum absolute atomic E-state index is 12.6. The second-order valence-electron chi connectivity index (χ2n) is 6.91. The van der Waals surface area contributed by atoms with Gasteiger partial charge < -0.3 is 10.1 Å². The largest absolute Gasteiger partial charge is 0.488 e. The summed E-state index contributed by atoms with van der Waals surface area (Å²) in [6.07, 6.45) is 1.56. The van der Waals surface area contributed by atoms with Crippen molar-refractivity contribution in [1.82, 2.24) is 0 Å². The molecule has 30 heavy (non-hydrogen) atoms. The van der Waals surface area contributed by atoms with Crippen LogP contribution in [-0.2, 0) is 11.4 Å². The summed E-state index contributed by atoms with van der Waals surface area (Å²) in [5.74, 6) is 0.251. The fourth-order valence-electron chi connectivity index (χ4n) is 2.83. The molecule has 0 aromatic heterocycles. The number of aryl methyl sites for hydroxylation is 2. The Kier molecular flexibility index (Phi) is 7.05. The zero-order chi connectivity index (χ0) is 21.5. The molecule has 0 fully saturated rings. The fourth-order valence-corrected chi connectivity index (χ4v) is 3.35. The molecule has 0 unspecified atom stereocenters. The third-order valence-electron chi connectivity index (χ3n) is 4.51. The molecular formula is C25H21BrN2O2. The minimum absolute atomic E-state index is 0.0285. The molecule has 0 spiro atoms. The zero-order valence-electron chi connectivity index (χ0n) is 16.8. The highest BCUT2D eigenvalue weighted by atomic mass is 79.9. The molecular weight excluding hydrogens is 440 g/mol. The second kappa shape index (κ2) is 9.91. The summed E-state index contributed by atoms with van der Waals surface area (Å²) in [6, 6.07) is 23.1. The highest BCUT2D eigenvalue weighted by molar-refractivity contribution is 9.10. The summed E-state index contributed by atoms with van der Waals surface area (Å²) in [5, 5.41) is 12.3. The van der Waals surface area contributed by atoms with Gasteiger partial charge in [-0.05, 0) is 76.3 Å². The Balaban J connectivity index is 1.73. The third kappa shape index (κ3) is 5.59. The Bertz CT molecular complexity index is 1130. The summed E-state index contributed by atoms with van der Waals surface area (Å²) in [4.78, 5) is 12.6. The fraction of sp³-hybridized carbons (Fsp3) is 0.120. The molecule has 0 aliphatic carbocycles. The smallest absolute Gasteiger partial charge is 0.266 e. The highest BCUT2D eigenvalue weighted by Gasteiger charge is 2.12. The lowest BCUT2D eigenvalue weighted by molar-refractivity contribution is -0.112. The van der Waals surface area contributed by atoms with Gasteiger partial charge in [0.25, 0.3) is 5.91 Å². The quantitative estimate of drug-likeness (QED) is 0.352. The van der Waals surface area contributed by atoms with E-state index in [4.69, 9.17) is 4.74 Å². The van der Waals surface area contributed by atoms with Crippen LogP contribution in [0.4, 0.5) is 5.69 Å². The minimum Gasteiger partial charge on any atom is -0.488 e. The van der Waals surface area contributed by atoms with Crippen LogP contribution in [0.2, 0.25) is 0 Å². The van der Waals surface area contributed by atoms with Crippen molar-refractivity contribution in [2.24, 2.45) is 0 Å². The maximum atomic E-state index is 12.6. The molecule has 0 atom stereocenters. The van der Waals surface area contributed by atoms with Gasteiger partial charge in [0.2, 0.25) is 0 Å². The average molecular weight is 461 g/mol. The predicted molar refractivity (Wildman–Crippen MR) is 123 cm³/mol. The van der Waals surface area contributed by atoms with E-state index in [1.807, 2.05) is 86.6 Å². The lowest BCUT2D eigenvalue weighted by atomic mass is 10.1. The first kappa shape index (κ1) is 21.4. The number of benzene rings is 3. The molecule has 5 heteroatoms. The van der Waals surface area contributed by atoms with Gasteiger partial charge in [0, 0.05) is 5.69 Å². The van der Waals surface area contributed by atoms with Gasteiger partial charge in [-0.2, -0.15) is 5.26 Å². The van der Waals surface area contributed by atoms with E-state index in [0.717, 1.165) is 26.7 Å². The number of nitrogens with one attached hydrogen (secondary N) is 1. The van der Waals surface area contributed by atoms with Crippen LogP contribution < -0.4 is 10.1 Å². The minimum atomic E-state index is -0.438. The summed E-state index contributed by atoms with van der Waals surface area (Å²) in [7, 11) is 0. The molecule has 0 saturated carbocycles. The van der Waals surface area contributed by atoms with Crippen molar-refractivity contribution in [3.63, 3.8) is 0 Å². The number of carbonyl (C=O) groups is 1. The van der Waals surface area contributed by atoms with Gasteiger partial charge >= 0.3 is 0 Å². The molecule has 0 radical (unpaired) electrons. The first-order valence-electron chi connectivity index (χ1n) is 9.43. The number of hydrogen-bond acceptors (Lipinski definition) is 3. The Morgan fingerprint density at radius 2 is 1.87 bits per heavy atom. The number of nitriles is 1. The molecule has 0 aliphatic rings. The molecule has 150 valence electrons. The van der Waals surface area contributed by atoms with Crippen LogP contribution in [0.15, 0.2) is 76.8 Å². The van der Waals surface area contributed by atoms with E-state index in [-0.39, 0.29) is 5.57 Å². The number of hydrogen-bond donors (Lipinski definition) is 1. The molecule has 0 bridgehead atoms. The molecule has 4 nitrogen and oxygen atoms in total. The van der Waals surface area contributed by atoms with Crippen LogP contribution >= 0.6 is 15.9 Å². The van der Waals surface area contributed by atoms with Gasteiger partial charge in [0.05, 0.1) is 4.47 Å². The van der Waals surface area contributed by atoms with Crippen LogP contribution in [0.1, 0.15) is 22.3 Å². The van der Waals surface area contributed by atoms with Crippen molar-refractivity contribution in [1.29, 1.82) is 5.26 Å². The zero-order valence-corrected chi connectivity index (χ0v) is 18.4. The summed E-state index contributed by atoms with van der Waals surface area (Å²) >= 11 is 3.50. The topological polar surface area (TPSA) is 62.1 Å². The normalized spacial score (nSPS) is 10.9. The van der Waals surface area contributed by atoms with Crippen LogP contribution in [-0.4, -0.2) is 5.91 Å². The number of rotatable bonds is 6. The van der Waals surface area contributed by atoms with E-state index in [1.54, 1.807) is 6.08 Å². The van der Waals surface area contributed by atoms with Gasteiger partial charge in [-0.15, -0.1) is 0 Å². The van der Waals surface area contributed by atoms with E-state index in [9.17, 15) is 10.1 Å². The molecule has 0 heterocycles. The first-order chi connectivity index (χ1) is 14.5. The predicted octanol–water partition coefficient (Wildman–Crippen LogP) is 6.19. The number of nitrogens with zero attached hydrogens (tertiary/aromatic N) is 1. The number of amides is 1. The highest BCUT2D eigenvalue weighted by Crippen LogP contribution is 2.28. The Hall–Kier alpha value is -3.36. The van der Waals surface area contributed by atoms with Crippen LogP contribution in [0.25, 0.3) is 6.08 Å². The molecule has 1 amide bonds. The molecule has 3 aromatic carbocycles. The monoisotopic (exact) mass is 460 g/mol. The van der Waals surface area contributed by atoms with Crippen LogP contribution in [0.3, 0.4) is 0 Å².